The number of ether oxygens (including phenoxy) is 1. The third kappa shape index (κ3) is 2.93. The van der Waals surface area contributed by atoms with Crippen molar-refractivity contribution in [2.24, 2.45) is 0 Å². The van der Waals surface area contributed by atoms with Crippen LogP contribution in [-0.4, -0.2) is 49.7 Å². The highest BCUT2D eigenvalue weighted by Crippen LogP contribution is 2.23. The van der Waals surface area contributed by atoms with Crippen molar-refractivity contribution in [3.63, 3.8) is 0 Å². The van der Waals surface area contributed by atoms with Crippen LogP contribution in [0.4, 0.5) is 10.1 Å². The van der Waals surface area contributed by atoms with Gasteiger partial charge in [0.2, 0.25) is 10.0 Å². The normalized spacial score (nSPS) is 24.8. The second-order valence-electron chi connectivity index (χ2n) is 4.76. The van der Waals surface area contributed by atoms with Gasteiger partial charge in [0, 0.05) is 13.1 Å². The first kappa shape index (κ1) is 15.2. The fraction of sp³-hybridized carbons (Fsp3) is 0.500. The molecule has 0 bridgehead atoms. The predicted octanol–water partition coefficient (Wildman–Crippen LogP) is 0.178. The summed E-state index contributed by atoms with van der Waals surface area (Å²) in [6.45, 7) is 1.64. The van der Waals surface area contributed by atoms with Crippen molar-refractivity contribution >= 4 is 15.7 Å². The number of aliphatic hydroxyl groups is 1. The molecule has 1 heterocycles. The number of hydrogen-bond donors (Lipinski definition) is 2. The average Bonchev–Trinajstić information content (AvgIpc) is 2.41. The fourth-order valence-electron chi connectivity index (χ4n) is 2.12. The lowest BCUT2D eigenvalue weighted by Crippen LogP contribution is -2.50. The summed E-state index contributed by atoms with van der Waals surface area (Å²) in [5.41, 5.74) is 5.24. The average molecular weight is 304 g/mol. The van der Waals surface area contributed by atoms with Gasteiger partial charge in [0.25, 0.3) is 0 Å². The van der Waals surface area contributed by atoms with Crippen molar-refractivity contribution < 1.29 is 22.7 Å². The maximum absolute atomic E-state index is 13.4. The predicted molar refractivity (Wildman–Crippen MR) is 71.0 cm³/mol. The fourth-order valence-corrected chi connectivity index (χ4v) is 3.68. The molecule has 2 rings (SSSR count). The second-order valence-corrected chi connectivity index (χ2v) is 6.69. The minimum Gasteiger partial charge on any atom is -0.396 e. The van der Waals surface area contributed by atoms with Gasteiger partial charge in [-0.25, -0.2) is 12.8 Å². The molecular formula is C12H17FN2O4S. The first-order valence-corrected chi connectivity index (χ1v) is 7.60. The van der Waals surface area contributed by atoms with Crippen LogP contribution in [0.25, 0.3) is 0 Å². The molecule has 1 aliphatic rings. The lowest BCUT2D eigenvalue weighted by molar-refractivity contribution is -0.0750. The molecule has 1 fully saturated rings. The molecule has 3 N–H and O–H groups in total. The zero-order valence-corrected chi connectivity index (χ0v) is 11.8. The van der Waals surface area contributed by atoms with E-state index in [2.05, 4.69) is 0 Å². The van der Waals surface area contributed by atoms with Crippen LogP contribution in [0.1, 0.15) is 6.92 Å². The molecular weight excluding hydrogens is 287 g/mol. The van der Waals surface area contributed by atoms with Crippen LogP contribution >= 0.6 is 0 Å². The molecule has 0 aliphatic carbocycles. The molecule has 6 nitrogen and oxygen atoms in total. The maximum atomic E-state index is 13.4. The Balaban J connectivity index is 2.31. The molecule has 1 aromatic carbocycles. The van der Waals surface area contributed by atoms with E-state index in [4.69, 9.17) is 15.6 Å². The van der Waals surface area contributed by atoms with E-state index in [9.17, 15) is 12.8 Å². The van der Waals surface area contributed by atoms with Crippen LogP contribution < -0.4 is 5.73 Å². The van der Waals surface area contributed by atoms with E-state index in [-0.39, 0.29) is 36.4 Å². The largest absolute Gasteiger partial charge is 0.396 e. The van der Waals surface area contributed by atoms with Gasteiger partial charge in [-0.05, 0) is 25.1 Å². The van der Waals surface area contributed by atoms with E-state index in [1.807, 2.05) is 0 Å². The molecule has 1 aliphatic heterocycles. The highest BCUT2D eigenvalue weighted by Gasteiger charge is 2.33. The van der Waals surface area contributed by atoms with Gasteiger partial charge in [0.05, 0.1) is 29.4 Å². The lowest BCUT2D eigenvalue weighted by Gasteiger charge is -2.35. The number of anilines is 1. The topological polar surface area (TPSA) is 92.9 Å². The first-order chi connectivity index (χ1) is 9.34. The molecule has 0 spiro atoms. The smallest absolute Gasteiger partial charge is 0.243 e. The number of morpholine rings is 1. The van der Waals surface area contributed by atoms with Crippen molar-refractivity contribution in [2.45, 2.75) is 24.0 Å². The quantitative estimate of drug-likeness (QED) is 0.777. The van der Waals surface area contributed by atoms with Crippen molar-refractivity contribution in [3.8, 4) is 0 Å². The molecule has 2 atom stereocenters. The number of hydrogen-bond acceptors (Lipinski definition) is 5. The number of aliphatic hydroxyl groups excluding tert-OH is 1. The summed E-state index contributed by atoms with van der Waals surface area (Å²) in [7, 11) is -3.83. The van der Waals surface area contributed by atoms with Gasteiger partial charge in [-0.1, -0.05) is 0 Å². The van der Waals surface area contributed by atoms with Gasteiger partial charge in [0.1, 0.15) is 5.82 Å². The zero-order valence-electron chi connectivity index (χ0n) is 11.0. The Bertz CT molecular complexity index is 593. The first-order valence-electron chi connectivity index (χ1n) is 6.16. The number of benzene rings is 1. The summed E-state index contributed by atoms with van der Waals surface area (Å²) < 4.78 is 44.9. The maximum Gasteiger partial charge on any atom is 0.243 e. The number of nitrogens with zero attached hydrogens (tertiary/aromatic N) is 1. The summed E-state index contributed by atoms with van der Waals surface area (Å²) in [5.74, 6) is -0.772. The van der Waals surface area contributed by atoms with E-state index in [0.29, 0.717) is 0 Å². The van der Waals surface area contributed by atoms with Crippen LogP contribution in [0.5, 0.6) is 0 Å². The van der Waals surface area contributed by atoms with Crippen LogP contribution in [0.3, 0.4) is 0 Å². The van der Waals surface area contributed by atoms with E-state index in [1.165, 1.54) is 16.4 Å². The SMILES string of the molecule is CC1CN(S(=O)(=O)c2ccc(N)c(F)c2)CC(CO)O1. The van der Waals surface area contributed by atoms with E-state index in [0.717, 1.165) is 6.07 Å². The molecule has 20 heavy (non-hydrogen) atoms. The van der Waals surface area contributed by atoms with Crippen molar-refractivity contribution in [1.29, 1.82) is 0 Å². The third-order valence-corrected chi connectivity index (χ3v) is 4.93. The molecule has 8 heteroatoms. The van der Waals surface area contributed by atoms with Gasteiger partial charge in [-0.15, -0.1) is 0 Å². The lowest BCUT2D eigenvalue weighted by atomic mass is 10.2. The molecule has 0 radical (unpaired) electrons. The summed E-state index contributed by atoms with van der Waals surface area (Å²) >= 11 is 0. The number of halogens is 1. The van der Waals surface area contributed by atoms with Crippen LogP contribution in [-0.2, 0) is 14.8 Å². The van der Waals surface area contributed by atoms with Gasteiger partial charge < -0.3 is 15.6 Å². The summed E-state index contributed by atoms with van der Waals surface area (Å²) in [6, 6.07) is 3.39. The molecule has 112 valence electrons. The summed E-state index contributed by atoms with van der Waals surface area (Å²) in [6.07, 6.45) is -0.915. The van der Waals surface area contributed by atoms with Crippen LogP contribution in [0, 0.1) is 5.82 Å². The molecule has 1 aromatic rings. The Labute approximate surface area is 117 Å². The van der Waals surface area contributed by atoms with Crippen molar-refractivity contribution in [3.05, 3.63) is 24.0 Å². The highest BCUT2D eigenvalue weighted by molar-refractivity contribution is 7.89. The number of sulfonamides is 1. The highest BCUT2D eigenvalue weighted by atomic mass is 32.2. The minimum absolute atomic E-state index is 0.0369. The van der Waals surface area contributed by atoms with Gasteiger partial charge in [-0.3, -0.25) is 0 Å². The second kappa shape index (κ2) is 5.65. The van der Waals surface area contributed by atoms with Gasteiger partial charge in [0.15, 0.2) is 0 Å². The van der Waals surface area contributed by atoms with Crippen molar-refractivity contribution in [2.75, 3.05) is 25.4 Å². The summed E-state index contributed by atoms with van der Waals surface area (Å²) in [4.78, 5) is -0.157. The molecule has 0 amide bonds. The van der Waals surface area contributed by atoms with E-state index in [1.54, 1.807) is 6.92 Å². The van der Waals surface area contributed by atoms with Crippen LogP contribution in [0.15, 0.2) is 23.1 Å². The molecule has 1 saturated heterocycles. The van der Waals surface area contributed by atoms with Gasteiger partial charge >= 0.3 is 0 Å². The third-order valence-electron chi connectivity index (χ3n) is 3.11. The number of nitrogen functional groups attached to an aromatic ring is 1. The number of nitrogens with two attached hydrogens (primary N) is 1. The van der Waals surface area contributed by atoms with E-state index >= 15 is 0 Å². The van der Waals surface area contributed by atoms with E-state index < -0.39 is 21.9 Å². The molecule has 0 saturated carbocycles. The van der Waals surface area contributed by atoms with Crippen molar-refractivity contribution in [1.82, 2.24) is 4.31 Å². The number of rotatable bonds is 3. The minimum atomic E-state index is -3.83. The Morgan fingerprint density at radius 1 is 1.50 bits per heavy atom. The Morgan fingerprint density at radius 2 is 2.20 bits per heavy atom. The molecule has 0 aromatic heterocycles. The standard InChI is InChI=1S/C12H17FN2O4S/c1-8-5-15(6-9(7-16)19-8)20(17,18)10-2-3-12(14)11(13)4-10/h2-4,8-9,16H,5-7,14H2,1H3. The Kier molecular flexibility index (Phi) is 4.28. The summed E-state index contributed by atoms with van der Waals surface area (Å²) in [5, 5.41) is 9.12. The Morgan fingerprint density at radius 3 is 2.80 bits per heavy atom. The van der Waals surface area contributed by atoms with Crippen LogP contribution in [0.2, 0.25) is 0 Å². The van der Waals surface area contributed by atoms with Gasteiger partial charge in [-0.2, -0.15) is 4.31 Å². The monoisotopic (exact) mass is 304 g/mol. The molecule has 2 unspecified atom stereocenters. The Hall–Kier alpha value is -1.22. The zero-order chi connectivity index (χ0) is 14.9.